The molecule has 0 amide bonds. The monoisotopic (exact) mass is 294 g/mol. The molecule has 0 bridgehead atoms. The molecule has 0 aromatic carbocycles. The summed E-state index contributed by atoms with van der Waals surface area (Å²) in [5, 5.41) is 3.85. The van der Waals surface area contributed by atoms with Gasteiger partial charge in [0.1, 0.15) is 0 Å². The minimum absolute atomic E-state index is 0.548. The largest absolute Gasteiger partial charge is 0.314 e. The first-order chi connectivity index (χ1) is 10.0. The predicted molar refractivity (Wildman–Crippen MR) is 92.7 cm³/mol. The van der Waals surface area contributed by atoms with E-state index >= 15 is 0 Å². The first-order valence-corrected chi connectivity index (χ1v) is 9.50. The molecular weight excluding hydrogens is 256 g/mol. The topological polar surface area (TPSA) is 15.3 Å². The molecule has 2 atom stereocenters. The molecule has 0 spiro atoms. The zero-order chi connectivity index (χ0) is 15.3. The van der Waals surface area contributed by atoms with Crippen LogP contribution >= 0.6 is 0 Å². The van der Waals surface area contributed by atoms with Crippen LogP contribution < -0.4 is 5.32 Å². The molecule has 1 N–H and O–H groups in total. The summed E-state index contributed by atoms with van der Waals surface area (Å²) in [6, 6.07) is 0.761. The van der Waals surface area contributed by atoms with Gasteiger partial charge in [-0.3, -0.25) is 0 Å². The number of nitrogens with zero attached hydrogens (tertiary/aromatic N) is 1. The second-order valence-electron chi connectivity index (χ2n) is 8.43. The molecule has 2 unspecified atom stereocenters. The third kappa shape index (κ3) is 5.90. The summed E-state index contributed by atoms with van der Waals surface area (Å²) in [6.07, 6.45) is 9.69. The Bertz CT molecular complexity index is 296. The molecule has 2 aliphatic carbocycles. The Labute approximate surface area is 133 Å². The Morgan fingerprint density at radius 2 is 1.81 bits per heavy atom. The van der Waals surface area contributed by atoms with Gasteiger partial charge in [-0.25, -0.2) is 0 Å². The lowest BCUT2D eigenvalue weighted by Crippen LogP contribution is -2.48. The average Bonchev–Trinajstić information content (AvgIpc) is 3.21. The SMILES string of the molecule is CCCNC1CCC(C)(C)CC1CN(CCC)CC1CC1. The zero-order valence-corrected chi connectivity index (χ0v) is 15.0. The Hall–Kier alpha value is -0.0800. The van der Waals surface area contributed by atoms with E-state index in [1.807, 2.05) is 0 Å². The maximum atomic E-state index is 3.85. The maximum Gasteiger partial charge on any atom is 0.0108 e. The number of rotatable bonds is 9. The fourth-order valence-corrected chi connectivity index (χ4v) is 4.10. The molecule has 0 aromatic rings. The molecule has 2 rings (SSSR count). The Kier molecular flexibility index (Phi) is 6.55. The van der Waals surface area contributed by atoms with E-state index in [0.717, 1.165) is 17.9 Å². The van der Waals surface area contributed by atoms with E-state index in [4.69, 9.17) is 0 Å². The molecule has 0 radical (unpaired) electrons. The smallest absolute Gasteiger partial charge is 0.0108 e. The summed E-state index contributed by atoms with van der Waals surface area (Å²) >= 11 is 0. The third-order valence-corrected chi connectivity index (χ3v) is 5.42. The van der Waals surface area contributed by atoms with E-state index < -0.39 is 0 Å². The molecule has 21 heavy (non-hydrogen) atoms. The van der Waals surface area contributed by atoms with Gasteiger partial charge >= 0.3 is 0 Å². The molecule has 0 saturated heterocycles. The van der Waals surface area contributed by atoms with Crippen molar-refractivity contribution in [3.8, 4) is 0 Å². The van der Waals surface area contributed by atoms with Gasteiger partial charge in [0.15, 0.2) is 0 Å². The van der Waals surface area contributed by atoms with Crippen molar-refractivity contribution in [1.29, 1.82) is 0 Å². The normalized spacial score (nSPS) is 29.0. The van der Waals surface area contributed by atoms with Crippen molar-refractivity contribution in [2.45, 2.75) is 78.7 Å². The second-order valence-corrected chi connectivity index (χ2v) is 8.43. The van der Waals surface area contributed by atoms with E-state index in [2.05, 4.69) is 37.9 Å². The van der Waals surface area contributed by atoms with E-state index in [1.165, 1.54) is 71.1 Å². The van der Waals surface area contributed by atoms with Crippen molar-refractivity contribution in [3.63, 3.8) is 0 Å². The molecule has 0 aromatic heterocycles. The molecular formula is C19H38N2. The summed E-state index contributed by atoms with van der Waals surface area (Å²) in [5.41, 5.74) is 0.548. The van der Waals surface area contributed by atoms with Gasteiger partial charge in [-0.15, -0.1) is 0 Å². The molecule has 2 fully saturated rings. The number of nitrogens with one attached hydrogen (secondary N) is 1. The van der Waals surface area contributed by atoms with E-state index in [9.17, 15) is 0 Å². The molecule has 2 heteroatoms. The second kappa shape index (κ2) is 7.97. The van der Waals surface area contributed by atoms with Crippen molar-refractivity contribution in [2.75, 3.05) is 26.2 Å². The fraction of sp³-hybridized carbons (Fsp3) is 1.00. The zero-order valence-electron chi connectivity index (χ0n) is 15.0. The van der Waals surface area contributed by atoms with Crippen molar-refractivity contribution in [3.05, 3.63) is 0 Å². The molecule has 0 aliphatic heterocycles. The van der Waals surface area contributed by atoms with Crippen LogP contribution in [0.3, 0.4) is 0 Å². The van der Waals surface area contributed by atoms with Gasteiger partial charge in [-0.2, -0.15) is 0 Å². The molecule has 2 aliphatic rings. The molecule has 2 nitrogen and oxygen atoms in total. The van der Waals surface area contributed by atoms with Crippen LogP contribution in [0.15, 0.2) is 0 Å². The van der Waals surface area contributed by atoms with Crippen LogP contribution in [0.4, 0.5) is 0 Å². The predicted octanol–water partition coefficient (Wildman–Crippen LogP) is 4.30. The van der Waals surface area contributed by atoms with E-state index in [0.29, 0.717) is 5.41 Å². The molecule has 0 heterocycles. The van der Waals surface area contributed by atoms with Crippen molar-refractivity contribution in [2.24, 2.45) is 17.3 Å². The van der Waals surface area contributed by atoms with Crippen molar-refractivity contribution >= 4 is 0 Å². The number of hydrogen-bond donors (Lipinski definition) is 1. The lowest BCUT2D eigenvalue weighted by Gasteiger charge is -2.43. The van der Waals surface area contributed by atoms with E-state index in [1.54, 1.807) is 0 Å². The van der Waals surface area contributed by atoms with Crippen molar-refractivity contribution in [1.82, 2.24) is 10.2 Å². The van der Waals surface area contributed by atoms with Crippen LogP contribution in [0.5, 0.6) is 0 Å². The average molecular weight is 295 g/mol. The van der Waals surface area contributed by atoms with Crippen LogP contribution in [0.2, 0.25) is 0 Å². The summed E-state index contributed by atoms with van der Waals surface area (Å²) in [5.74, 6) is 1.88. The lowest BCUT2D eigenvalue weighted by molar-refractivity contribution is 0.0978. The van der Waals surface area contributed by atoms with Gasteiger partial charge in [0.2, 0.25) is 0 Å². The quantitative estimate of drug-likeness (QED) is 0.682. The first-order valence-electron chi connectivity index (χ1n) is 9.50. The standard InChI is InChI=1S/C19H38N2/c1-5-11-20-18-9-10-19(3,4)13-17(18)15-21(12-6-2)14-16-7-8-16/h16-18,20H,5-15H2,1-4H3. The third-order valence-electron chi connectivity index (χ3n) is 5.42. The summed E-state index contributed by atoms with van der Waals surface area (Å²) in [4.78, 5) is 2.78. The summed E-state index contributed by atoms with van der Waals surface area (Å²) in [7, 11) is 0. The summed E-state index contributed by atoms with van der Waals surface area (Å²) in [6.45, 7) is 14.7. The van der Waals surface area contributed by atoms with Crippen LogP contribution in [-0.4, -0.2) is 37.1 Å². The van der Waals surface area contributed by atoms with E-state index in [-0.39, 0.29) is 0 Å². The minimum atomic E-state index is 0.548. The lowest BCUT2D eigenvalue weighted by atomic mass is 9.69. The Morgan fingerprint density at radius 3 is 2.43 bits per heavy atom. The highest BCUT2D eigenvalue weighted by molar-refractivity contribution is 4.91. The van der Waals surface area contributed by atoms with Crippen LogP contribution in [0.1, 0.15) is 72.6 Å². The van der Waals surface area contributed by atoms with Crippen LogP contribution in [0, 0.1) is 17.3 Å². The highest BCUT2D eigenvalue weighted by Gasteiger charge is 2.36. The van der Waals surface area contributed by atoms with Gasteiger partial charge in [0, 0.05) is 19.1 Å². The van der Waals surface area contributed by atoms with Gasteiger partial charge in [-0.05, 0) is 75.3 Å². The Morgan fingerprint density at radius 1 is 1.05 bits per heavy atom. The minimum Gasteiger partial charge on any atom is -0.314 e. The van der Waals surface area contributed by atoms with Gasteiger partial charge in [0.25, 0.3) is 0 Å². The maximum absolute atomic E-state index is 3.85. The van der Waals surface area contributed by atoms with Gasteiger partial charge in [0.05, 0.1) is 0 Å². The van der Waals surface area contributed by atoms with Crippen LogP contribution in [0.25, 0.3) is 0 Å². The highest BCUT2D eigenvalue weighted by atomic mass is 15.1. The van der Waals surface area contributed by atoms with Gasteiger partial charge < -0.3 is 10.2 Å². The summed E-state index contributed by atoms with van der Waals surface area (Å²) < 4.78 is 0. The van der Waals surface area contributed by atoms with Crippen LogP contribution in [-0.2, 0) is 0 Å². The highest BCUT2D eigenvalue weighted by Crippen LogP contribution is 2.39. The van der Waals surface area contributed by atoms with Gasteiger partial charge in [-0.1, -0.05) is 27.7 Å². The first kappa shape index (κ1) is 17.3. The fourth-order valence-electron chi connectivity index (χ4n) is 4.10. The molecule has 124 valence electrons. The number of hydrogen-bond acceptors (Lipinski definition) is 2. The Balaban J connectivity index is 1.92. The van der Waals surface area contributed by atoms with Crippen molar-refractivity contribution < 1.29 is 0 Å². The molecule has 2 saturated carbocycles.